The number of carbonyl (C=O) groups excluding carboxylic acids is 1. The third kappa shape index (κ3) is 2.30. The van der Waals surface area contributed by atoms with E-state index in [1.165, 1.54) is 0 Å². The van der Waals surface area contributed by atoms with Crippen LogP contribution < -0.4 is 4.90 Å². The topological polar surface area (TPSA) is 57.6 Å². The van der Waals surface area contributed by atoms with Crippen LogP contribution in [0.4, 0.5) is 5.69 Å². The van der Waals surface area contributed by atoms with Crippen molar-refractivity contribution < 1.29 is 14.7 Å². The van der Waals surface area contributed by atoms with E-state index < -0.39 is 11.9 Å². The van der Waals surface area contributed by atoms with Crippen molar-refractivity contribution >= 4 is 17.6 Å². The molecule has 4 nitrogen and oxygen atoms in total. The maximum atomic E-state index is 11.8. The number of carbonyl (C=O) groups is 2. The molecule has 17 heavy (non-hydrogen) atoms. The van der Waals surface area contributed by atoms with Crippen molar-refractivity contribution in [3.05, 3.63) is 29.8 Å². The molecule has 0 aromatic heterocycles. The van der Waals surface area contributed by atoms with Gasteiger partial charge in [-0.2, -0.15) is 0 Å². The second-order valence-electron chi connectivity index (χ2n) is 4.36. The van der Waals surface area contributed by atoms with Crippen molar-refractivity contribution in [2.24, 2.45) is 5.92 Å². The average Bonchev–Trinajstić information content (AvgIpc) is 2.30. The normalized spacial score (nSPS) is 20.4. The predicted octanol–water partition coefficient (Wildman–Crippen LogP) is 1.82. The van der Waals surface area contributed by atoms with Gasteiger partial charge in [0.25, 0.3) is 0 Å². The molecule has 1 aliphatic rings. The summed E-state index contributed by atoms with van der Waals surface area (Å²) in [7, 11) is 0. The fourth-order valence-electron chi connectivity index (χ4n) is 2.15. The number of aryl methyl sites for hydroxylation is 1. The standard InChI is InChI=1S/C13H15NO3/c1-9-4-2-3-5-11(9)14-8-10(13(16)17)6-7-12(14)15/h2-5,10H,6-8H2,1H3,(H,16,17)/t10-/m1/s1. The number of anilines is 1. The van der Waals surface area contributed by atoms with Crippen LogP contribution in [0.5, 0.6) is 0 Å². The lowest BCUT2D eigenvalue weighted by Crippen LogP contribution is -2.42. The first-order chi connectivity index (χ1) is 8.09. The second kappa shape index (κ2) is 4.57. The smallest absolute Gasteiger partial charge is 0.308 e. The van der Waals surface area contributed by atoms with Crippen molar-refractivity contribution in [3.8, 4) is 0 Å². The summed E-state index contributed by atoms with van der Waals surface area (Å²) >= 11 is 0. The van der Waals surface area contributed by atoms with E-state index in [1.54, 1.807) is 4.90 Å². The van der Waals surface area contributed by atoms with Gasteiger partial charge in [-0.3, -0.25) is 9.59 Å². The molecule has 1 aromatic carbocycles. The van der Waals surface area contributed by atoms with Gasteiger partial charge < -0.3 is 10.0 Å². The van der Waals surface area contributed by atoms with Crippen LogP contribution in [-0.2, 0) is 9.59 Å². The molecule has 1 saturated heterocycles. The maximum absolute atomic E-state index is 11.8. The summed E-state index contributed by atoms with van der Waals surface area (Å²) in [6.45, 7) is 2.20. The van der Waals surface area contributed by atoms with Crippen molar-refractivity contribution in [1.29, 1.82) is 0 Å². The summed E-state index contributed by atoms with van der Waals surface area (Å²) in [6, 6.07) is 7.55. The van der Waals surface area contributed by atoms with Gasteiger partial charge in [-0.25, -0.2) is 0 Å². The molecular weight excluding hydrogens is 218 g/mol. The average molecular weight is 233 g/mol. The Kier molecular flexibility index (Phi) is 3.13. The first kappa shape index (κ1) is 11.6. The molecule has 90 valence electrons. The van der Waals surface area contributed by atoms with Crippen LogP contribution in [0.25, 0.3) is 0 Å². The molecular formula is C13H15NO3. The highest BCUT2D eigenvalue weighted by atomic mass is 16.4. The van der Waals surface area contributed by atoms with Gasteiger partial charge in [0.1, 0.15) is 0 Å². The van der Waals surface area contributed by atoms with Crippen molar-refractivity contribution in [3.63, 3.8) is 0 Å². The molecule has 0 bridgehead atoms. The number of nitrogens with zero attached hydrogens (tertiary/aromatic N) is 1. The van der Waals surface area contributed by atoms with Gasteiger partial charge in [0, 0.05) is 18.7 Å². The van der Waals surface area contributed by atoms with E-state index in [4.69, 9.17) is 5.11 Å². The third-order valence-corrected chi connectivity index (χ3v) is 3.17. The molecule has 1 heterocycles. The number of carboxylic acid groups (broad SMARTS) is 1. The Hall–Kier alpha value is -1.84. The number of hydrogen-bond acceptors (Lipinski definition) is 2. The second-order valence-corrected chi connectivity index (χ2v) is 4.36. The van der Waals surface area contributed by atoms with Crippen LogP contribution in [0, 0.1) is 12.8 Å². The maximum Gasteiger partial charge on any atom is 0.308 e. The molecule has 0 unspecified atom stereocenters. The van der Waals surface area contributed by atoms with Gasteiger partial charge in [0.2, 0.25) is 5.91 Å². The van der Waals surface area contributed by atoms with Crippen molar-refractivity contribution in [1.82, 2.24) is 0 Å². The fraction of sp³-hybridized carbons (Fsp3) is 0.385. The lowest BCUT2D eigenvalue weighted by atomic mass is 9.96. The summed E-state index contributed by atoms with van der Waals surface area (Å²) in [5.74, 6) is -1.26. The Morgan fingerprint density at radius 3 is 2.76 bits per heavy atom. The molecule has 0 aliphatic carbocycles. The van der Waals surface area contributed by atoms with E-state index in [-0.39, 0.29) is 12.5 Å². The third-order valence-electron chi connectivity index (χ3n) is 3.17. The molecule has 1 N–H and O–H groups in total. The zero-order chi connectivity index (χ0) is 12.4. The van der Waals surface area contributed by atoms with Gasteiger partial charge in [-0.15, -0.1) is 0 Å². The summed E-state index contributed by atoms with van der Waals surface area (Å²) in [4.78, 5) is 24.4. The highest BCUT2D eigenvalue weighted by Crippen LogP contribution is 2.26. The Balaban J connectivity index is 2.27. The molecule has 1 amide bonds. The van der Waals surface area contributed by atoms with Gasteiger partial charge in [-0.1, -0.05) is 18.2 Å². The first-order valence-electron chi connectivity index (χ1n) is 5.68. The number of hydrogen-bond donors (Lipinski definition) is 1. The van der Waals surface area contributed by atoms with Crippen LogP contribution in [0.15, 0.2) is 24.3 Å². The Labute approximate surface area is 99.9 Å². The van der Waals surface area contributed by atoms with Crippen molar-refractivity contribution in [2.45, 2.75) is 19.8 Å². The molecule has 0 radical (unpaired) electrons. The van der Waals surface area contributed by atoms with E-state index in [0.29, 0.717) is 12.8 Å². The number of carboxylic acids is 1. The minimum absolute atomic E-state index is 0.0109. The summed E-state index contributed by atoms with van der Waals surface area (Å²) in [5, 5.41) is 9.02. The number of amides is 1. The Morgan fingerprint density at radius 2 is 2.12 bits per heavy atom. The quantitative estimate of drug-likeness (QED) is 0.847. The van der Waals surface area contributed by atoms with Crippen LogP contribution in [0.3, 0.4) is 0 Å². The highest BCUT2D eigenvalue weighted by molar-refractivity contribution is 5.96. The lowest BCUT2D eigenvalue weighted by molar-refractivity contribution is -0.142. The number of para-hydroxylation sites is 1. The van der Waals surface area contributed by atoms with Gasteiger partial charge >= 0.3 is 5.97 Å². The molecule has 1 aliphatic heterocycles. The van der Waals surface area contributed by atoms with Crippen LogP contribution in [0.2, 0.25) is 0 Å². The molecule has 2 rings (SSSR count). The van der Waals surface area contributed by atoms with E-state index >= 15 is 0 Å². The predicted molar refractivity (Wildman–Crippen MR) is 63.9 cm³/mol. The summed E-state index contributed by atoms with van der Waals surface area (Å²) in [5.41, 5.74) is 1.82. The summed E-state index contributed by atoms with van der Waals surface area (Å²) in [6.07, 6.45) is 0.752. The number of piperidine rings is 1. The molecule has 1 fully saturated rings. The molecule has 1 atom stereocenters. The number of aliphatic carboxylic acids is 1. The van der Waals surface area contributed by atoms with Gasteiger partial charge in [0.15, 0.2) is 0 Å². The highest BCUT2D eigenvalue weighted by Gasteiger charge is 2.31. The molecule has 4 heteroatoms. The zero-order valence-electron chi connectivity index (χ0n) is 9.72. The summed E-state index contributed by atoms with van der Waals surface area (Å²) < 4.78 is 0. The monoisotopic (exact) mass is 233 g/mol. The van der Waals surface area contributed by atoms with E-state index in [2.05, 4.69) is 0 Å². The lowest BCUT2D eigenvalue weighted by Gasteiger charge is -2.31. The molecule has 0 saturated carbocycles. The van der Waals surface area contributed by atoms with Crippen LogP contribution in [0.1, 0.15) is 18.4 Å². The Morgan fingerprint density at radius 1 is 1.41 bits per heavy atom. The van der Waals surface area contributed by atoms with E-state index in [1.807, 2.05) is 31.2 Å². The van der Waals surface area contributed by atoms with Crippen LogP contribution >= 0.6 is 0 Å². The zero-order valence-corrected chi connectivity index (χ0v) is 9.72. The Bertz CT molecular complexity index is 456. The first-order valence-corrected chi connectivity index (χ1v) is 5.68. The number of benzene rings is 1. The van der Waals surface area contributed by atoms with Gasteiger partial charge in [0.05, 0.1) is 5.92 Å². The SMILES string of the molecule is Cc1ccccc1N1C[C@H](C(=O)O)CCC1=O. The number of rotatable bonds is 2. The largest absolute Gasteiger partial charge is 0.481 e. The van der Waals surface area contributed by atoms with Crippen LogP contribution in [-0.4, -0.2) is 23.5 Å². The minimum Gasteiger partial charge on any atom is -0.481 e. The van der Waals surface area contributed by atoms with Crippen molar-refractivity contribution in [2.75, 3.05) is 11.4 Å². The fourth-order valence-corrected chi connectivity index (χ4v) is 2.15. The minimum atomic E-state index is -0.823. The van der Waals surface area contributed by atoms with E-state index in [9.17, 15) is 9.59 Å². The van der Waals surface area contributed by atoms with E-state index in [0.717, 1.165) is 11.3 Å². The molecule has 0 spiro atoms. The molecule has 1 aromatic rings. The van der Waals surface area contributed by atoms with Gasteiger partial charge in [-0.05, 0) is 25.0 Å².